The minimum Gasteiger partial charge on any atom is -0.495 e. The van der Waals surface area contributed by atoms with Crippen LogP contribution in [0.4, 0.5) is 0 Å². The summed E-state index contributed by atoms with van der Waals surface area (Å²) < 4.78 is 17.9. The Morgan fingerprint density at radius 1 is 1.07 bits per heavy atom. The first-order valence-corrected chi connectivity index (χ1v) is 17.0. The van der Waals surface area contributed by atoms with Gasteiger partial charge in [0.05, 0.1) is 39.1 Å². The number of nitrogens with zero attached hydrogens (tertiary/aromatic N) is 2. The largest absolute Gasteiger partial charge is 0.495 e. The lowest BCUT2D eigenvalue weighted by atomic mass is 9.88. The van der Waals surface area contributed by atoms with E-state index in [0.29, 0.717) is 33.6 Å². The molecule has 2 unspecified atom stereocenters. The molecule has 44 heavy (non-hydrogen) atoms. The molecule has 4 aromatic rings. The van der Waals surface area contributed by atoms with E-state index in [1.807, 2.05) is 54.6 Å². The van der Waals surface area contributed by atoms with Gasteiger partial charge < -0.3 is 15.0 Å². The van der Waals surface area contributed by atoms with E-state index in [1.165, 1.54) is 12.7 Å². The van der Waals surface area contributed by atoms with Gasteiger partial charge in [-0.15, -0.1) is 0 Å². The van der Waals surface area contributed by atoms with Crippen molar-refractivity contribution in [2.45, 2.75) is 36.0 Å². The molecule has 9 heteroatoms. The molecule has 4 aromatic carbocycles. The number of halogens is 2. The van der Waals surface area contributed by atoms with E-state index in [1.54, 1.807) is 18.4 Å². The Kier molecular flexibility index (Phi) is 10.6. The average molecular weight is 649 g/mol. The van der Waals surface area contributed by atoms with Gasteiger partial charge in [-0.05, 0) is 91.0 Å². The number of piperidine rings is 1. The van der Waals surface area contributed by atoms with Crippen LogP contribution >= 0.6 is 23.2 Å². The van der Waals surface area contributed by atoms with Crippen molar-refractivity contribution in [3.05, 3.63) is 105 Å². The highest BCUT2D eigenvalue weighted by molar-refractivity contribution is 7.84. The lowest BCUT2D eigenvalue weighted by molar-refractivity contribution is 0.0948. The second-order valence-corrected chi connectivity index (χ2v) is 13.3. The lowest BCUT2D eigenvalue weighted by Crippen LogP contribution is -2.36. The molecule has 0 bridgehead atoms. The molecule has 228 valence electrons. The summed E-state index contributed by atoms with van der Waals surface area (Å²) in [6.45, 7) is 3.11. The van der Waals surface area contributed by atoms with Gasteiger partial charge in [0.15, 0.2) is 0 Å². The third-order valence-electron chi connectivity index (χ3n) is 8.53. The van der Waals surface area contributed by atoms with Crippen molar-refractivity contribution in [2.75, 3.05) is 39.5 Å². The van der Waals surface area contributed by atoms with Gasteiger partial charge >= 0.3 is 0 Å². The van der Waals surface area contributed by atoms with Gasteiger partial charge in [-0.3, -0.25) is 9.00 Å². The van der Waals surface area contributed by atoms with Crippen LogP contribution in [0.25, 0.3) is 10.8 Å². The fraction of sp³-hybridized carbons (Fsp3) is 0.314. The van der Waals surface area contributed by atoms with Crippen molar-refractivity contribution >= 4 is 50.7 Å². The number of nitriles is 1. The summed E-state index contributed by atoms with van der Waals surface area (Å²) in [5.41, 5.74) is 2.86. The highest BCUT2D eigenvalue weighted by atomic mass is 35.5. The number of methoxy groups -OCH3 is 1. The minimum absolute atomic E-state index is 0.0221. The van der Waals surface area contributed by atoms with Crippen molar-refractivity contribution in [1.29, 1.82) is 5.26 Å². The van der Waals surface area contributed by atoms with Crippen LogP contribution in [-0.2, 0) is 10.8 Å². The van der Waals surface area contributed by atoms with Crippen molar-refractivity contribution < 1.29 is 13.7 Å². The molecule has 1 saturated heterocycles. The highest BCUT2D eigenvalue weighted by Gasteiger charge is 2.25. The molecule has 1 aliphatic heterocycles. The molecule has 1 amide bonds. The van der Waals surface area contributed by atoms with Gasteiger partial charge in [-0.25, -0.2) is 0 Å². The lowest BCUT2D eigenvalue weighted by Gasteiger charge is -2.33. The summed E-state index contributed by atoms with van der Waals surface area (Å²) >= 11 is 12.6. The van der Waals surface area contributed by atoms with Crippen LogP contribution in [0.15, 0.2) is 77.7 Å². The molecule has 5 rings (SSSR count). The summed E-state index contributed by atoms with van der Waals surface area (Å²) in [6.07, 6.45) is 4.55. The van der Waals surface area contributed by atoms with Crippen LogP contribution in [0.2, 0.25) is 10.0 Å². The fourth-order valence-corrected chi connectivity index (χ4v) is 7.34. The Morgan fingerprint density at radius 2 is 1.80 bits per heavy atom. The van der Waals surface area contributed by atoms with Crippen LogP contribution in [0.5, 0.6) is 5.75 Å². The van der Waals surface area contributed by atoms with Gasteiger partial charge in [0.25, 0.3) is 5.91 Å². The van der Waals surface area contributed by atoms with E-state index in [4.69, 9.17) is 27.9 Å². The van der Waals surface area contributed by atoms with Gasteiger partial charge in [0.2, 0.25) is 0 Å². The highest BCUT2D eigenvalue weighted by Crippen LogP contribution is 2.34. The zero-order valence-corrected chi connectivity index (χ0v) is 27.1. The molecular formula is C35H35Cl2N3O3S. The van der Waals surface area contributed by atoms with Crippen LogP contribution in [0.3, 0.4) is 0 Å². The van der Waals surface area contributed by atoms with Crippen molar-refractivity contribution in [2.24, 2.45) is 0 Å². The van der Waals surface area contributed by atoms with E-state index in [2.05, 4.69) is 22.4 Å². The number of fused-ring (bicyclic) bond motifs is 1. The molecule has 0 radical (unpaired) electrons. The molecule has 0 aromatic heterocycles. The number of amides is 1. The maximum atomic E-state index is 13.7. The molecule has 1 fully saturated rings. The van der Waals surface area contributed by atoms with Crippen LogP contribution in [0, 0.1) is 11.3 Å². The molecule has 1 aliphatic rings. The molecule has 6 nitrogen and oxygen atoms in total. The van der Waals surface area contributed by atoms with Crippen LogP contribution in [-0.4, -0.2) is 54.6 Å². The number of carbonyl (C=O) groups is 1. The number of likely N-dealkylation sites (tertiary alicyclic amines) is 1. The number of nitrogens with one attached hydrogen (secondary N) is 1. The predicted molar refractivity (Wildman–Crippen MR) is 179 cm³/mol. The summed E-state index contributed by atoms with van der Waals surface area (Å²) in [4.78, 5) is 17.1. The number of rotatable bonds is 10. The monoisotopic (exact) mass is 647 g/mol. The second kappa shape index (κ2) is 14.6. The first-order valence-electron chi connectivity index (χ1n) is 14.7. The van der Waals surface area contributed by atoms with Crippen molar-refractivity contribution in [3.63, 3.8) is 0 Å². The maximum Gasteiger partial charge on any atom is 0.255 e. The molecular weight excluding hydrogens is 613 g/mol. The number of hydrogen-bond acceptors (Lipinski definition) is 5. The third kappa shape index (κ3) is 7.11. The number of benzene rings is 4. The van der Waals surface area contributed by atoms with Gasteiger partial charge in [0.1, 0.15) is 11.8 Å². The van der Waals surface area contributed by atoms with E-state index in [-0.39, 0.29) is 17.6 Å². The van der Waals surface area contributed by atoms with Gasteiger partial charge in [-0.2, -0.15) is 5.26 Å². The van der Waals surface area contributed by atoms with Crippen LogP contribution < -0.4 is 10.1 Å². The molecule has 0 saturated carbocycles. The number of ether oxygens (including phenoxy) is 1. The first kappa shape index (κ1) is 32.0. The van der Waals surface area contributed by atoms with Crippen LogP contribution in [0.1, 0.15) is 58.1 Å². The smallest absolute Gasteiger partial charge is 0.255 e. The molecule has 1 heterocycles. The average Bonchev–Trinajstić information content (AvgIpc) is 3.05. The fourth-order valence-electron chi connectivity index (χ4n) is 6.19. The Balaban J connectivity index is 1.31. The zero-order chi connectivity index (χ0) is 31.2. The Hall–Kier alpha value is -3.41. The second-order valence-electron chi connectivity index (χ2n) is 11.1. The Bertz CT molecular complexity index is 1730. The summed E-state index contributed by atoms with van der Waals surface area (Å²) in [5.74, 6) is 0.343. The Morgan fingerprint density at radius 3 is 2.50 bits per heavy atom. The summed E-state index contributed by atoms with van der Waals surface area (Å²) in [7, 11) is 0.466. The van der Waals surface area contributed by atoms with Crippen molar-refractivity contribution in [3.8, 4) is 11.8 Å². The van der Waals surface area contributed by atoms with Crippen molar-refractivity contribution in [1.82, 2.24) is 10.2 Å². The molecule has 2 atom stereocenters. The molecule has 0 spiro atoms. The summed E-state index contributed by atoms with van der Waals surface area (Å²) in [6, 6.07) is 25.1. The third-order valence-corrected chi connectivity index (χ3v) is 10.3. The maximum absolute atomic E-state index is 13.7. The zero-order valence-electron chi connectivity index (χ0n) is 24.8. The first-order chi connectivity index (χ1) is 21.3. The molecule has 0 aliphatic carbocycles. The van der Waals surface area contributed by atoms with E-state index >= 15 is 0 Å². The normalized spacial score (nSPS) is 15.4. The topological polar surface area (TPSA) is 82.4 Å². The minimum atomic E-state index is -1.01. The summed E-state index contributed by atoms with van der Waals surface area (Å²) in [5, 5.41) is 15.4. The van der Waals surface area contributed by atoms with E-state index in [0.717, 1.165) is 60.1 Å². The number of carbonyl (C=O) groups excluding carboxylic acids is 1. The van der Waals surface area contributed by atoms with Gasteiger partial charge in [0, 0.05) is 23.6 Å². The standard InChI is InChI=1S/C35H35Cl2N3O3S/c1-43-34-27(21-38)19-25-7-3-4-9-29(25)33(34)35(41)39-22-26(24-11-12-30(36)31(37)20-24)15-18-40-16-13-23(14-17-40)28-8-5-6-10-32(28)44(2)42/h3-12,19-20,23,26H,13-18,22H2,1-2H3,(H,39,41). The predicted octanol–water partition coefficient (Wildman–Crippen LogP) is 7.55. The quantitative estimate of drug-likeness (QED) is 0.192. The van der Waals surface area contributed by atoms with Gasteiger partial charge in [-0.1, -0.05) is 71.7 Å². The van der Waals surface area contributed by atoms with E-state index in [9.17, 15) is 14.3 Å². The Labute approximate surface area is 271 Å². The molecule has 1 N–H and O–H groups in total. The number of hydrogen-bond donors (Lipinski definition) is 1. The SMILES string of the molecule is COc1c(C#N)cc2ccccc2c1C(=O)NCC(CCN1CCC(c2ccccc2S(C)=O)CC1)c1ccc(Cl)c(Cl)c1. The van der Waals surface area contributed by atoms with E-state index < -0.39 is 10.8 Å².